The summed E-state index contributed by atoms with van der Waals surface area (Å²) in [4.78, 5) is 3.45. The average molecular weight is 291 g/mol. The van der Waals surface area contributed by atoms with Crippen molar-refractivity contribution in [3.63, 3.8) is 0 Å². The van der Waals surface area contributed by atoms with Crippen LogP contribution in [0.3, 0.4) is 0 Å². The number of nitrogens with zero attached hydrogens (tertiary/aromatic N) is 3. The van der Waals surface area contributed by atoms with Gasteiger partial charge >= 0.3 is 0 Å². The van der Waals surface area contributed by atoms with Crippen molar-refractivity contribution in [1.82, 2.24) is 0 Å². The maximum absolute atomic E-state index is 7.14. The minimum absolute atomic E-state index is 0.0989. The largest absolute Gasteiger partial charge is 0.246 e. The third-order valence-electron chi connectivity index (χ3n) is 6.56. The molecule has 0 amide bonds. The summed E-state index contributed by atoms with van der Waals surface area (Å²) in [5, 5.41) is 9.71. The standard InChI is InChI=1S/C19H21N3/c1-17(2)18(12-13-20-3)15-10-7-11-16(15)19(17,22-21-18)14-8-5-4-6-9-14/h4-6,8-9,12-13,15-16H,7,10-11H2,1-2H3/b13-12+/t15-,16+,18-,19+/m1/s1. The second kappa shape index (κ2) is 4.29. The van der Waals surface area contributed by atoms with Crippen molar-refractivity contribution in [1.29, 1.82) is 0 Å². The van der Waals surface area contributed by atoms with Crippen LogP contribution in [0.2, 0.25) is 0 Å². The van der Waals surface area contributed by atoms with Gasteiger partial charge in [-0.3, -0.25) is 0 Å². The van der Waals surface area contributed by atoms with E-state index in [0.29, 0.717) is 11.8 Å². The quantitative estimate of drug-likeness (QED) is 0.688. The fourth-order valence-corrected chi connectivity index (χ4v) is 5.62. The normalized spacial score (nSPS) is 41.0. The van der Waals surface area contributed by atoms with Gasteiger partial charge in [-0.25, -0.2) is 4.85 Å². The van der Waals surface area contributed by atoms with Crippen molar-refractivity contribution < 1.29 is 0 Å². The van der Waals surface area contributed by atoms with Gasteiger partial charge in [0.05, 0.1) is 6.57 Å². The highest BCUT2D eigenvalue weighted by Crippen LogP contribution is 2.74. The summed E-state index contributed by atoms with van der Waals surface area (Å²) in [6.07, 6.45) is 7.31. The van der Waals surface area contributed by atoms with E-state index >= 15 is 0 Å². The van der Waals surface area contributed by atoms with Crippen LogP contribution in [0.15, 0.2) is 52.8 Å². The van der Waals surface area contributed by atoms with Crippen molar-refractivity contribution in [3.05, 3.63) is 59.6 Å². The topological polar surface area (TPSA) is 29.1 Å². The molecule has 2 bridgehead atoms. The predicted molar refractivity (Wildman–Crippen MR) is 86.1 cm³/mol. The minimum atomic E-state index is -0.311. The molecule has 1 aromatic rings. The molecule has 0 N–H and O–H groups in total. The number of benzene rings is 1. The Morgan fingerprint density at radius 2 is 1.86 bits per heavy atom. The second-order valence-electron chi connectivity index (χ2n) is 7.37. The first kappa shape index (κ1) is 13.7. The van der Waals surface area contributed by atoms with Crippen LogP contribution in [-0.2, 0) is 5.54 Å². The van der Waals surface area contributed by atoms with E-state index in [4.69, 9.17) is 16.8 Å². The smallest absolute Gasteiger partial charge is 0.152 e. The summed E-state index contributed by atoms with van der Waals surface area (Å²) in [6, 6.07) is 10.7. The highest BCUT2D eigenvalue weighted by Gasteiger charge is 2.76. The lowest BCUT2D eigenvalue weighted by Crippen LogP contribution is -2.45. The second-order valence-corrected chi connectivity index (χ2v) is 7.37. The molecule has 1 heterocycles. The SMILES string of the molecule is [C-]#[N+]/C=C/[C@@]12N=N[C@@](c3ccccc3)([C@H]3CCC[C@H]31)C2(C)C. The van der Waals surface area contributed by atoms with Crippen LogP contribution in [0.4, 0.5) is 0 Å². The minimum Gasteiger partial charge on any atom is -0.246 e. The van der Waals surface area contributed by atoms with Crippen molar-refractivity contribution >= 4 is 0 Å². The Labute approximate surface area is 132 Å². The monoisotopic (exact) mass is 291 g/mol. The summed E-state index contributed by atoms with van der Waals surface area (Å²) < 4.78 is 0. The average Bonchev–Trinajstić information content (AvgIpc) is 3.14. The molecule has 4 atom stereocenters. The molecule has 4 rings (SSSR count). The van der Waals surface area contributed by atoms with Gasteiger partial charge in [0.1, 0.15) is 11.1 Å². The van der Waals surface area contributed by atoms with Crippen LogP contribution in [0.1, 0.15) is 38.7 Å². The lowest BCUT2D eigenvalue weighted by atomic mass is 9.63. The fraction of sp³-hybridized carbons (Fsp3) is 0.526. The Morgan fingerprint density at radius 3 is 2.59 bits per heavy atom. The Bertz CT molecular complexity index is 697. The molecule has 22 heavy (non-hydrogen) atoms. The van der Waals surface area contributed by atoms with Gasteiger partial charge in [0.2, 0.25) is 0 Å². The molecule has 1 aromatic carbocycles. The Balaban J connectivity index is 1.96. The van der Waals surface area contributed by atoms with E-state index < -0.39 is 0 Å². The van der Waals surface area contributed by atoms with E-state index in [1.165, 1.54) is 24.8 Å². The van der Waals surface area contributed by atoms with Gasteiger partial charge in [0, 0.05) is 5.41 Å². The summed E-state index contributed by atoms with van der Waals surface area (Å²) in [5.41, 5.74) is 0.644. The number of rotatable bonds is 2. The van der Waals surface area contributed by atoms with Crippen molar-refractivity contribution in [2.45, 2.75) is 44.2 Å². The van der Waals surface area contributed by atoms with Crippen LogP contribution in [0, 0.1) is 23.8 Å². The molecule has 2 saturated carbocycles. The van der Waals surface area contributed by atoms with E-state index in [9.17, 15) is 0 Å². The third-order valence-corrected chi connectivity index (χ3v) is 6.56. The number of hydrogen-bond acceptors (Lipinski definition) is 2. The molecular formula is C19H21N3. The van der Waals surface area contributed by atoms with Crippen LogP contribution >= 0.6 is 0 Å². The maximum atomic E-state index is 7.14. The zero-order valence-electron chi connectivity index (χ0n) is 13.2. The molecule has 3 heteroatoms. The summed E-state index contributed by atoms with van der Waals surface area (Å²) in [5.74, 6) is 1.05. The summed E-state index contributed by atoms with van der Waals surface area (Å²) in [6.45, 7) is 11.7. The lowest BCUT2D eigenvalue weighted by Gasteiger charge is -2.40. The van der Waals surface area contributed by atoms with Crippen LogP contribution < -0.4 is 0 Å². The molecule has 2 fully saturated rings. The maximum Gasteiger partial charge on any atom is 0.152 e. The zero-order chi connectivity index (χ0) is 15.4. The van der Waals surface area contributed by atoms with Gasteiger partial charge in [0.15, 0.2) is 6.20 Å². The molecule has 112 valence electrons. The van der Waals surface area contributed by atoms with Gasteiger partial charge in [-0.05, 0) is 30.2 Å². The van der Waals surface area contributed by atoms with Gasteiger partial charge in [-0.2, -0.15) is 10.2 Å². The van der Waals surface area contributed by atoms with E-state index in [2.05, 4.69) is 49.0 Å². The van der Waals surface area contributed by atoms with Crippen molar-refractivity contribution in [2.24, 2.45) is 27.5 Å². The molecule has 0 aromatic heterocycles. The highest BCUT2D eigenvalue weighted by atomic mass is 15.3. The van der Waals surface area contributed by atoms with Crippen LogP contribution in [-0.4, -0.2) is 5.54 Å². The number of azo groups is 1. The predicted octanol–water partition coefficient (Wildman–Crippen LogP) is 4.98. The Morgan fingerprint density at radius 1 is 1.14 bits per heavy atom. The third kappa shape index (κ3) is 1.28. The van der Waals surface area contributed by atoms with Gasteiger partial charge in [-0.15, -0.1) is 0 Å². The first-order valence-corrected chi connectivity index (χ1v) is 8.14. The zero-order valence-corrected chi connectivity index (χ0v) is 13.2. The van der Waals surface area contributed by atoms with Crippen molar-refractivity contribution in [2.75, 3.05) is 0 Å². The van der Waals surface area contributed by atoms with E-state index in [1.807, 2.05) is 6.08 Å². The van der Waals surface area contributed by atoms with Gasteiger partial charge in [0.25, 0.3) is 0 Å². The van der Waals surface area contributed by atoms with E-state index in [1.54, 1.807) is 6.20 Å². The molecule has 1 aliphatic heterocycles. The summed E-state index contributed by atoms with van der Waals surface area (Å²) in [7, 11) is 0. The lowest BCUT2D eigenvalue weighted by molar-refractivity contribution is 0.164. The highest BCUT2D eigenvalue weighted by molar-refractivity contribution is 5.43. The first-order valence-electron chi connectivity index (χ1n) is 8.14. The van der Waals surface area contributed by atoms with Crippen molar-refractivity contribution in [3.8, 4) is 0 Å². The molecule has 0 spiro atoms. The Hall–Kier alpha value is -1.95. The number of fused-ring (bicyclic) bond motifs is 5. The molecule has 3 aliphatic rings. The Kier molecular flexibility index (Phi) is 2.67. The van der Waals surface area contributed by atoms with Crippen LogP contribution in [0.25, 0.3) is 4.85 Å². The van der Waals surface area contributed by atoms with E-state index in [-0.39, 0.29) is 16.5 Å². The molecule has 0 radical (unpaired) electrons. The molecule has 0 unspecified atom stereocenters. The van der Waals surface area contributed by atoms with Gasteiger partial charge < -0.3 is 0 Å². The molecule has 2 aliphatic carbocycles. The molecular weight excluding hydrogens is 270 g/mol. The van der Waals surface area contributed by atoms with Gasteiger partial charge in [-0.1, -0.05) is 56.7 Å². The number of hydrogen-bond donors (Lipinski definition) is 0. The molecule has 0 saturated heterocycles. The van der Waals surface area contributed by atoms with Crippen LogP contribution in [0.5, 0.6) is 0 Å². The molecule has 3 nitrogen and oxygen atoms in total. The van der Waals surface area contributed by atoms with E-state index in [0.717, 1.165) is 0 Å². The first-order chi connectivity index (χ1) is 10.6. The summed E-state index contributed by atoms with van der Waals surface area (Å²) >= 11 is 0. The fourth-order valence-electron chi connectivity index (χ4n) is 5.62.